The predicted molar refractivity (Wildman–Crippen MR) is 306 cm³/mol. The number of aliphatic carboxylic acids is 1. The molecule has 2 unspecified atom stereocenters. The van der Waals surface area contributed by atoms with E-state index in [1.54, 1.807) is 0 Å². The summed E-state index contributed by atoms with van der Waals surface area (Å²) in [5.41, 5.74) is 0. The monoisotopic (exact) mass is 1020 g/mol. The summed E-state index contributed by atoms with van der Waals surface area (Å²) in [6, 6.07) is 0. The van der Waals surface area contributed by atoms with Gasteiger partial charge in [-0.1, -0.05) is 232 Å². The molecule has 73 heavy (non-hydrogen) atoms. The van der Waals surface area contributed by atoms with Crippen LogP contribution in [0.4, 0.5) is 0 Å². The number of unbranched alkanes of at least 4 members (excludes halogenated alkanes) is 19. The van der Waals surface area contributed by atoms with Crippen molar-refractivity contribution in [1.29, 1.82) is 0 Å². The largest absolute Gasteiger partial charge is 0.545 e. The van der Waals surface area contributed by atoms with Crippen LogP contribution in [0, 0.1) is 0 Å². The van der Waals surface area contributed by atoms with Crippen molar-refractivity contribution in [1.82, 2.24) is 0 Å². The number of allylic oxidation sites excluding steroid dienone is 18. The van der Waals surface area contributed by atoms with Crippen LogP contribution in [0.3, 0.4) is 0 Å². The third kappa shape index (κ3) is 55.5. The highest BCUT2D eigenvalue weighted by atomic mass is 16.7. The van der Waals surface area contributed by atoms with Crippen LogP contribution in [0.2, 0.25) is 0 Å². The van der Waals surface area contributed by atoms with Crippen LogP contribution < -0.4 is 5.11 Å². The molecule has 0 fully saturated rings. The molecule has 0 aliphatic rings. The van der Waals surface area contributed by atoms with Crippen molar-refractivity contribution in [3.05, 3.63) is 109 Å². The lowest BCUT2D eigenvalue weighted by atomic mass is 10.0. The van der Waals surface area contributed by atoms with Gasteiger partial charge in [0.25, 0.3) is 0 Å². The minimum Gasteiger partial charge on any atom is -0.545 e. The molecule has 9 nitrogen and oxygen atoms in total. The molecule has 0 aromatic carbocycles. The van der Waals surface area contributed by atoms with E-state index >= 15 is 0 Å². The number of carboxylic acid groups (broad SMARTS) is 1. The Morgan fingerprint density at radius 2 is 0.781 bits per heavy atom. The summed E-state index contributed by atoms with van der Waals surface area (Å²) in [5, 5.41) is 11.8. The Balaban J connectivity index is 4.29. The maximum Gasteiger partial charge on any atom is 0.306 e. The van der Waals surface area contributed by atoms with Gasteiger partial charge in [-0.05, 0) is 83.5 Å². The molecule has 0 aliphatic heterocycles. The highest BCUT2D eigenvalue weighted by molar-refractivity contribution is 5.70. The lowest BCUT2D eigenvalue weighted by Crippen LogP contribution is -2.44. The smallest absolute Gasteiger partial charge is 0.306 e. The molecular formula is C64H107NO8. The van der Waals surface area contributed by atoms with E-state index in [4.69, 9.17) is 18.9 Å². The minimum absolute atomic E-state index is 0.139. The summed E-state index contributed by atoms with van der Waals surface area (Å²) in [6.45, 7) is 4.60. The summed E-state index contributed by atoms with van der Waals surface area (Å²) in [4.78, 5) is 37.2. The second-order valence-electron chi connectivity index (χ2n) is 20.2. The Hall–Kier alpha value is -4.05. The fourth-order valence-corrected chi connectivity index (χ4v) is 7.59. The zero-order valence-corrected chi connectivity index (χ0v) is 47.2. The number of ether oxygens (including phenoxy) is 4. The molecule has 0 heterocycles. The van der Waals surface area contributed by atoms with Crippen LogP contribution >= 0.6 is 0 Å². The van der Waals surface area contributed by atoms with Gasteiger partial charge in [0.1, 0.15) is 13.2 Å². The van der Waals surface area contributed by atoms with Gasteiger partial charge in [-0.15, -0.1) is 0 Å². The Morgan fingerprint density at radius 1 is 0.425 bits per heavy atom. The van der Waals surface area contributed by atoms with Crippen molar-refractivity contribution in [2.75, 3.05) is 47.5 Å². The third-order valence-electron chi connectivity index (χ3n) is 12.0. The molecule has 0 N–H and O–H groups in total. The first-order valence-electron chi connectivity index (χ1n) is 29.0. The van der Waals surface area contributed by atoms with Crippen LogP contribution in [-0.2, 0) is 33.3 Å². The van der Waals surface area contributed by atoms with Crippen molar-refractivity contribution in [3.8, 4) is 0 Å². The lowest BCUT2D eigenvalue weighted by molar-refractivity contribution is -0.870. The fourth-order valence-electron chi connectivity index (χ4n) is 7.59. The van der Waals surface area contributed by atoms with Crippen LogP contribution in [-0.4, -0.2) is 82.3 Å². The first kappa shape index (κ1) is 69.0. The maximum atomic E-state index is 12.9. The number of carbonyl (C=O) groups excluding carboxylic acids is 3. The maximum absolute atomic E-state index is 12.9. The van der Waals surface area contributed by atoms with Gasteiger partial charge in [0.15, 0.2) is 12.4 Å². The lowest BCUT2D eigenvalue weighted by Gasteiger charge is -2.26. The van der Waals surface area contributed by atoms with Crippen LogP contribution in [0.15, 0.2) is 109 Å². The second kappa shape index (κ2) is 54.2. The standard InChI is InChI=1S/C64H107NO8/c1-6-8-10-12-14-16-18-20-22-23-24-25-26-27-28-29-30-31-32-33-34-35-36-37-38-39-41-43-45-47-49-51-53-55-62(67)73-60(59-72-64(63(68)69)70-57-56-65(3,4)5)58-71-61(66)54-52-50-48-46-44-42-40-21-19-17-15-13-11-9-7-2/h8,10,14,16,20,22,24-25,27-28,30-31,33-34,36-37,39,41,60,64H,6-7,9,11-13,15,17-19,21,23,26,29,32,35,38,40,42-59H2,1-5H3/b10-8-,16-14-,22-20-,25-24-,28-27-,31-30-,34-33-,37-36-,41-39-. The number of rotatable bonds is 52. The Bertz CT molecular complexity index is 1560. The van der Waals surface area contributed by atoms with Crippen LogP contribution in [0.1, 0.15) is 219 Å². The van der Waals surface area contributed by atoms with Crippen molar-refractivity contribution >= 4 is 17.9 Å². The Labute approximate surface area is 447 Å². The molecule has 0 saturated carbocycles. The zero-order chi connectivity index (χ0) is 53.4. The molecule has 2 atom stereocenters. The molecule has 0 rings (SSSR count). The van der Waals surface area contributed by atoms with Crippen molar-refractivity contribution in [3.63, 3.8) is 0 Å². The first-order valence-corrected chi connectivity index (χ1v) is 29.0. The molecule has 0 bridgehead atoms. The van der Waals surface area contributed by atoms with Crippen molar-refractivity contribution < 1.29 is 42.9 Å². The average molecular weight is 1020 g/mol. The third-order valence-corrected chi connectivity index (χ3v) is 12.0. The van der Waals surface area contributed by atoms with E-state index in [0.29, 0.717) is 17.4 Å². The molecule has 0 aromatic heterocycles. The molecule has 0 aromatic rings. The van der Waals surface area contributed by atoms with Gasteiger partial charge in [-0.3, -0.25) is 9.59 Å². The molecule has 0 saturated heterocycles. The summed E-state index contributed by atoms with van der Waals surface area (Å²) in [6.07, 6.45) is 71.3. The Kier molecular flexibility index (Phi) is 51.2. The minimum atomic E-state index is -1.63. The second-order valence-corrected chi connectivity index (χ2v) is 20.2. The van der Waals surface area contributed by atoms with E-state index in [0.717, 1.165) is 109 Å². The summed E-state index contributed by atoms with van der Waals surface area (Å²) in [5.74, 6) is -2.31. The molecule has 0 radical (unpaired) electrons. The summed E-state index contributed by atoms with van der Waals surface area (Å²) in [7, 11) is 5.91. The van der Waals surface area contributed by atoms with Crippen molar-refractivity contribution in [2.24, 2.45) is 0 Å². The average Bonchev–Trinajstić information content (AvgIpc) is 3.36. The number of carbonyl (C=O) groups is 3. The highest BCUT2D eigenvalue weighted by Gasteiger charge is 2.22. The quantitative estimate of drug-likeness (QED) is 0.0195. The van der Waals surface area contributed by atoms with Gasteiger partial charge in [0.2, 0.25) is 0 Å². The van der Waals surface area contributed by atoms with Gasteiger partial charge in [-0.2, -0.15) is 0 Å². The van der Waals surface area contributed by atoms with E-state index in [1.165, 1.54) is 77.0 Å². The number of hydrogen-bond donors (Lipinski definition) is 0. The summed E-state index contributed by atoms with van der Waals surface area (Å²) < 4.78 is 22.6. The number of esters is 2. The van der Waals surface area contributed by atoms with Gasteiger partial charge in [0, 0.05) is 12.8 Å². The predicted octanol–water partition coefficient (Wildman–Crippen LogP) is 15.8. The Morgan fingerprint density at radius 3 is 1.16 bits per heavy atom. The normalized spacial score (nSPS) is 13.6. The number of quaternary nitrogens is 1. The molecule has 9 heteroatoms. The van der Waals surface area contributed by atoms with Crippen LogP contribution in [0.25, 0.3) is 0 Å². The number of carboxylic acids is 1. The highest BCUT2D eigenvalue weighted by Crippen LogP contribution is 2.15. The van der Waals surface area contributed by atoms with E-state index in [-0.39, 0.29) is 38.6 Å². The van der Waals surface area contributed by atoms with Crippen LogP contribution in [0.5, 0.6) is 0 Å². The van der Waals surface area contributed by atoms with E-state index in [9.17, 15) is 19.5 Å². The van der Waals surface area contributed by atoms with E-state index in [2.05, 4.69) is 123 Å². The number of hydrogen-bond acceptors (Lipinski definition) is 8. The van der Waals surface area contributed by atoms with Gasteiger partial charge < -0.3 is 33.3 Å². The first-order chi connectivity index (χ1) is 35.6. The zero-order valence-electron chi connectivity index (χ0n) is 47.2. The SMILES string of the molecule is CC/C=C\C/C=C\C/C=C\C/C=C\C/C=C\C/C=C\C/C=C\C/C=C\C/C=C\CCCCCCCC(=O)OC(COC(=O)CCCCCCCCCCCCCCCCC)COC(OCC[N+](C)(C)C)C(=O)[O-]. The molecule has 416 valence electrons. The molecule has 0 aliphatic carbocycles. The van der Waals surface area contributed by atoms with Gasteiger partial charge in [-0.25, -0.2) is 0 Å². The van der Waals surface area contributed by atoms with Crippen molar-refractivity contribution in [2.45, 2.75) is 232 Å². The summed E-state index contributed by atoms with van der Waals surface area (Å²) >= 11 is 0. The van der Waals surface area contributed by atoms with Gasteiger partial charge >= 0.3 is 11.9 Å². The topological polar surface area (TPSA) is 111 Å². The number of likely N-dealkylation sites (N-methyl/N-ethyl adjacent to an activating group) is 1. The number of nitrogens with zero attached hydrogens (tertiary/aromatic N) is 1. The van der Waals surface area contributed by atoms with E-state index < -0.39 is 24.3 Å². The molecule has 0 spiro atoms. The van der Waals surface area contributed by atoms with E-state index in [1.807, 2.05) is 21.1 Å². The molecular weight excluding hydrogens is 911 g/mol. The fraction of sp³-hybridized carbons (Fsp3) is 0.672. The molecule has 0 amide bonds. The van der Waals surface area contributed by atoms with Gasteiger partial charge in [0.05, 0.1) is 40.3 Å².